The molecule has 0 aromatic heterocycles. The molecular formula is C20H21N5O3. The van der Waals surface area contributed by atoms with E-state index in [-0.39, 0.29) is 17.3 Å². The van der Waals surface area contributed by atoms with Crippen molar-refractivity contribution in [3.8, 4) is 0 Å². The van der Waals surface area contributed by atoms with Crippen LogP contribution in [0.3, 0.4) is 0 Å². The van der Waals surface area contributed by atoms with Crippen molar-refractivity contribution in [2.24, 2.45) is 10.2 Å². The summed E-state index contributed by atoms with van der Waals surface area (Å²) in [5.41, 5.74) is 2.87. The molecule has 0 N–H and O–H groups in total. The van der Waals surface area contributed by atoms with Crippen molar-refractivity contribution in [3.05, 3.63) is 63.7 Å². The molecule has 28 heavy (non-hydrogen) atoms. The van der Waals surface area contributed by atoms with Gasteiger partial charge >= 0.3 is 0 Å². The number of nitro groups is 1. The SMILES string of the molecule is CCCN1C(=O)/C(=N/N=C\c2ccc(N(C)C)c([N+](=O)[O-])c2)c2ccccc21. The molecule has 1 amide bonds. The Morgan fingerprint density at radius 2 is 1.96 bits per heavy atom. The molecule has 0 saturated heterocycles. The Hall–Kier alpha value is -3.55. The summed E-state index contributed by atoms with van der Waals surface area (Å²) in [6.07, 6.45) is 2.25. The quantitative estimate of drug-likeness (QED) is 0.438. The molecule has 1 aliphatic heterocycles. The van der Waals surface area contributed by atoms with Gasteiger partial charge in [0.2, 0.25) is 0 Å². The molecular weight excluding hydrogens is 358 g/mol. The summed E-state index contributed by atoms with van der Waals surface area (Å²) < 4.78 is 0. The monoisotopic (exact) mass is 379 g/mol. The maximum atomic E-state index is 12.7. The Labute approximate surface area is 162 Å². The number of carbonyl (C=O) groups excluding carboxylic acids is 1. The van der Waals surface area contributed by atoms with Crippen LogP contribution in [0, 0.1) is 10.1 Å². The van der Waals surface area contributed by atoms with Crippen LogP contribution in [-0.2, 0) is 4.79 Å². The summed E-state index contributed by atoms with van der Waals surface area (Å²) in [5, 5.41) is 19.4. The summed E-state index contributed by atoms with van der Waals surface area (Å²) >= 11 is 0. The number of fused-ring (bicyclic) bond motifs is 1. The van der Waals surface area contributed by atoms with E-state index in [2.05, 4.69) is 10.2 Å². The van der Waals surface area contributed by atoms with E-state index in [0.717, 1.165) is 17.7 Å². The maximum absolute atomic E-state index is 12.7. The van der Waals surface area contributed by atoms with Crippen LogP contribution in [0.2, 0.25) is 0 Å². The van der Waals surface area contributed by atoms with E-state index in [1.807, 2.05) is 31.2 Å². The minimum Gasteiger partial charge on any atom is -0.372 e. The summed E-state index contributed by atoms with van der Waals surface area (Å²) in [7, 11) is 3.49. The first-order chi connectivity index (χ1) is 13.4. The third-order valence-corrected chi connectivity index (χ3v) is 4.39. The smallest absolute Gasteiger partial charge is 0.293 e. The van der Waals surface area contributed by atoms with Gasteiger partial charge in [-0.05, 0) is 18.6 Å². The Balaban J connectivity index is 1.91. The predicted octanol–water partition coefficient (Wildman–Crippen LogP) is 3.24. The Morgan fingerprint density at radius 3 is 2.64 bits per heavy atom. The highest BCUT2D eigenvalue weighted by molar-refractivity contribution is 6.54. The molecule has 0 atom stereocenters. The molecule has 0 radical (unpaired) electrons. The van der Waals surface area contributed by atoms with Gasteiger partial charge in [0, 0.05) is 37.8 Å². The molecule has 1 heterocycles. The third kappa shape index (κ3) is 3.62. The number of amides is 1. The third-order valence-electron chi connectivity index (χ3n) is 4.39. The van der Waals surface area contributed by atoms with Gasteiger partial charge in [-0.1, -0.05) is 31.2 Å². The normalized spacial score (nSPS) is 14.8. The Bertz CT molecular complexity index is 982. The van der Waals surface area contributed by atoms with Crippen LogP contribution >= 0.6 is 0 Å². The molecule has 0 fully saturated rings. The van der Waals surface area contributed by atoms with Crippen molar-refractivity contribution < 1.29 is 9.72 Å². The van der Waals surface area contributed by atoms with Crippen molar-refractivity contribution >= 4 is 34.9 Å². The molecule has 1 aliphatic rings. The lowest BCUT2D eigenvalue weighted by Crippen LogP contribution is -2.30. The van der Waals surface area contributed by atoms with Gasteiger partial charge in [-0.15, -0.1) is 5.10 Å². The minimum atomic E-state index is -0.433. The van der Waals surface area contributed by atoms with E-state index in [1.165, 1.54) is 12.3 Å². The van der Waals surface area contributed by atoms with Gasteiger partial charge in [0.15, 0.2) is 5.71 Å². The first kappa shape index (κ1) is 19.2. The molecule has 2 aromatic rings. The number of anilines is 2. The van der Waals surface area contributed by atoms with Gasteiger partial charge in [-0.3, -0.25) is 14.9 Å². The molecule has 2 aromatic carbocycles. The maximum Gasteiger partial charge on any atom is 0.293 e. The second kappa shape index (κ2) is 7.99. The fourth-order valence-corrected chi connectivity index (χ4v) is 3.10. The topological polar surface area (TPSA) is 91.4 Å². The number of benzene rings is 2. The zero-order valence-corrected chi connectivity index (χ0v) is 16.0. The minimum absolute atomic E-state index is 0.0157. The summed E-state index contributed by atoms with van der Waals surface area (Å²) in [5.74, 6) is -0.186. The molecule has 0 unspecified atom stereocenters. The average molecular weight is 379 g/mol. The largest absolute Gasteiger partial charge is 0.372 e. The predicted molar refractivity (Wildman–Crippen MR) is 111 cm³/mol. The van der Waals surface area contributed by atoms with Gasteiger partial charge in [-0.2, -0.15) is 5.10 Å². The Kier molecular flexibility index (Phi) is 5.49. The fourth-order valence-electron chi connectivity index (χ4n) is 3.10. The molecule has 0 bridgehead atoms. The zero-order chi connectivity index (χ0) is 20.3. The summed E-state index contributed by atoms with van der Waals surface area (Å²) in [4.78, 5) is 26.9. The number of hydrogen-bond donors (Lipinski definition) is 0. The van der Waals surface area contributed by atoms with Crippen molar-refractivity contribution in [2.45, 2.75) is 13.3 Å². The van der Waals surface area contributed by atoms with Gasteiger partial charge in [0.05, 0.1) is 16.8 Å². The molecule has 8 heteroatoms. The Morgan fingerprint density at radius 1 is 1.21 bits per heavy atom. The lowest BCUT2D eigenvalue weighted by Gasteiger charge is -2.14. The first-order valence-corrected chi connectivity index (χ1v) is 8.92. The van der Waals surface area contributed by atoms with Crippen molar-refractivity contribution in [1.82, 2.24) is 0 Å². The second-order valence-corrected chi connectivity index (χ2v) is 6.57. The molecule has 8 nitrogen and oxygen atoms in total. The van der Waals surface area contributed by atoms with E-state index >= 15 is 0 Å². The van der Waals surface area contributed by atoms with Crippen molar-refractivity contribution in [1.29, 1.82) is 0 Å². The molecule has 144 valence electrons. The van der Waals surface area contributed by atoms with E-state index in [1.54, 1.807) is 36.0 Å². The van der Waals surface area contributed by atoms with Crippen molar-refractivity contribution in [3.63, 3.8) is 0 Å². The number of rotatable bonds is 6. The fraction of sp³-hybridized carbons (Fsp3) is 0.250. The van der Waals surface area contributed by atoms with Crippen LogP contribution in [0.15, 0.2) is 52.7 Å². The number of hydrogen-bond acceptors (Lipinski definition) is 6. The number of para-hydroxylation sites is 1. The van der Waals surface area contributed by atoms with Crippen LogP contribution in [0.5, 0.6) is 0 Å². The van der Waals surface area contributed by atoms with E-state index in [4.69, 9.17) is 0 Å². The number of nitrogens with zero attached hydrogens (tertiary/aromatic N) is 5. The first-order valence-electron chi connectivity index (χ1n) is 8.92. The van der Waals surface area contributed by atoms with Crippen LogP contribution in [0.25, 0.3) is 0 Å². The highest BCUT2D eigenvalue weighted by Gasteiger charge is 2.33. The van der Waals surface area contributed by atoms with E-state index < -0.39 is 4.92 Å². The lowest BCUT2D eigenvalue weighted by atomic mass is 10.1. The van der Waals surface area contributed by atoms with Crippen LogP contribution in [0.1, 0.15) is 24.5 Å². The highest BCUT2D eigenvalue weighted by atomic mass is 16.6. The van der Waals surface area contributed by atoms with E-state index in [0.29, 0.717) is 17.8 Å². The van der Waals surface area contributed by atoms with Gasteiger partial charge in [0.25, 0.3) is 11.6 Å². The number of nitro benzene ring substituents is 1. The van der Waals surface area contributed by atoms with Gasteiger partial charge < -0.3 is 9.80 Å². The number of carbonyl (C=O) groups is 1. The van der Waals surface area contributed by atoms with Crippen LogP contribution < -0.4 is 9.80 Å². The van der Waals surface area contributed by atoms with Gasteiger partial charge in [-0.25, -0.2) is 0 Å². The van der Waals surface area contributed by atoms with Crippen LogP contribution in [-0.4, -0.2) is 43.4 Å². The molecule has 3 rings (SSSR count). The lowest BCUT2D eigenvalue weighted by molar-refractivity contribution is -0.384. The average Bonchev–Trinajstić information content (AvgIpc) is 2.94. The molecule has 0 saturated carbocycles. The molecule has 0 spiro atoms. The highest BCUT2D eigenvalue weighted by Crippen LogP contribution is 2.29. The van der Waals surface area contributed by atoms with E-state index in [9.17, 15) is 14.9 Å². The summed E-state index contributed by atoms with van der Waals surface area (Å²) in [6, 6.07) is 12.3. The zero-order valence-electron chi connectivity index (χ0n) is 16.0. The molecule has 0 aliphatic carbocycles. The van der Waals surface area contributed by atoms with Crippen LogP contribution in [0.4, 0.5) is 17.1 Å². The van der Waals surface area contributed by atoms with Gasteiger partial charge in [0.1, 0.15) is 5.69 Å². The standard InChI is InChI=1S/C20H21N5O3/c1-4-11-24-16-8-6-5-7-15(16)19(20(24)26)22-21-13-14-9-10-17(23(2)3)18(12-14)25(27)28/h5-10,12-13H,4,11H2,1-3H3/b21-13-,22-19+. The van der Waals surface area contributed by atoms with Crippen molar-refractivity contribution in [2.75, 3.05) is 30.4 Å². The summed E-state index contributed by atoms with van der Waals surface area (Å²) in [6.45, 7) is 2.62. The second-order valence-electron chi connectivity index (χ2n) is 6.57.